The average Bonchev–Trinajstić information content (AvgIpc) is 2.29. The summed E-state index contributed by atoms with van der Waals surface area (Å²) in [6, 6.07) is 5.40. The molecule has 2 aromatic rings. The largest absolute Gasteiger partial charge is 0.377 e. The van der Waals surface area contributed by atoms with Crippen molar-refractivity contribution in [2.45, 2.75) is 6.54 Å². The lowest BCUT2D eigenvalue weighted by molar-refractivity contribution is 1.01. The Morgan fingerprint density at radius 3 is 2.53 bits per heavy atom. The first-order chi connectivity index (χ1) is 8.16. The fraction of sp³-hybridized carbons (Fsp3) is 0.0909. The van der Waals surface area contributed by atoms with Crippen molar-refractivity contribution in [3.8, 4) is 0 Å². The Morgan fingerprint density at radius 2 is 1.94 bits per heavy atom. The smallest absolute Gasteiger partial charge is 0.115 e. The fourth-order valence-corrected chi connectivity index (χ4v) is 2.65. The molecule has 0 fully saturated rings. The van der Waals surface area contributed by atoms with Crippen molar-refractivity contribution in [1.29, 1.82) is 0 Å². The molecule has 0 aliphatic carbocycles. The summed E-state index contributed by atoms with van der Waals surface area (Å²) in [5, 5.41) is 4.29. The second kappa shape index (κ2) is 5.67. The van der Waals surface area contributed by atoms with Crippen molar-refractivity contribution in [3.05, 3.63) is 50.9 Å². The van der Waals surface area contributed by atoms with Crippen LogP contribution in [0, 0.1) is 0 Å². The number of nitrogens with one attached hydrogen (secondary N) is 1. The van der Waals surface area contributed by atoms with Gasteiger partial charge in [-0.25, -0.2) is 9.97 Å². The predicted molar refractivity (Wildman–Crippen MR) is 73.5 cm³/mol. The van der Waals surface area contributed by atoms with Gasteiger partial charge in [0, 0.05) is 10.7 Å². The van der Waals surface area contributed by atoms with E-state index in [2.05, 4.69) is 31.2 Å². The highest BCUT2D eigenvalue weighted by atomic mass is 79.9. The molecule has 1 heterocycles. The summed E-state index contributed by atoms with van der Waals surface area (Å²) in [5.74, 6) is 0. The quantitative estimate of drug-likeness (QED) is 0.917. The summed E-state index contributed by atoms with van der Waals surface area (Å²) in [4.78, 5) is 7.95. The van der Waals surface area contributed by atoms with Crippen molar-refractivity contribution >= 4 is 44.8 Å². The average molecular weight is 333 g/mol. The van der Waals surface area contributed by atoms with E-state index < -0.39 is 0 Å². The Balaban J connectivity index is 2.15. The van der Waals surface area contributed by atoms with Gasteiger partial charge in [-0.15, -0.1) is 0 Å². The molecule has 88 valence electrons. The molecule has 0 bridgehead atoms. The zero-order chi connectivity index (χ0) is 12.3. The van der Waals surface area contributed by atoms with Crippen molar-refractivity contribution < 1.29 is 0 Å². The van der Waals surface area contributed by atoms with Crippen molar-refractivity contribution in [2.75, 3.05) is 5.32 Å². The number of aromatic nitrogens is 2. The van der Waals surface area contributed by atoms with Crippen molar-refractivity contribution in [2.24, 2.45) is 0 Å². The molecule has 0 unspecified atom stereocenters. The van der Waals surface area contributed by atoms with Crippen LogP contribution in [0.5, 0.6) is 0 Å². The molecule has 1 N–H and O–H groups in total. The summed E-state index contributed by atoms with van der Waals surface area (Å²) in [5.41, 5.74) is 1.57. The molecule has 6 heteroatoms. The van der Waals surface area contributed by atoms with Gasteiger partial charge < -0.3 is 5.32 Å². The van der Waals surface area contributed by atoms with Gasteiger partial charge in [-0.2, -0.15) is 0 Å². The summed E-state index contributed by atoms with van der Waals surface area (Å²) in [7, 11) is 0. The van der Waals surface area contributed by atoms with Gasteiger partial charge in [0.15, 0.2) is 0 Å². The van der Waals surface area contributed by atoms with Crippen LogP contribution in [0.1, 0.15) is 5.69 Å². The van der Waals surface area contributed by atoms with Crippen LogP contribution in [0.4, 0.5) is 5.69 Å². The third kappa shape index (κ3) is 3.31. The van der Waals surface area contributed by atoms with E-state index in [1.54, 1.807) is 18.3 Å². The van der Waals surface area contributed by atoms with Crippen LogP contribution < -0.4 is 5.32 Å². The Labute approximate surface area is 117 Å². The van der Waals surface area contributed by atoms with Crippen LogP contribution in [0.15, 0.2) is 35.2 Å². The SMILES string of the molecule is Clc1cc(Br)cc(Cl)c1NCc1ccncn1. The zero-order valence-electron chi connectivity index (χ0n) is 8.62. The van der Waals surface area contributed by atoms with Gasteiger partial charge in [-0.1, -0.05) is 39.1 Å². The maximum Gasteiger partial charge on any atom is 0.115 e. The number of nitrogens with zero attached hydrogens (tertiary/aromatic N) is 2. The monoisotopic (exact) mass is 331 g/mol. The van der Waals surface area contributed by atoms with E-state index in [1.807, 2.05) is 6.07 Å². The van der Waals surface area contributed by atoms with Gasteiger partial charge in [0.2, 0.25) is 0 Å². The molecule has 17 heavy (non-hydrogen) atoms. The molecule has 3 nitrogen and oxygen atoms in total. The van der Waals surface area contributed by atoms with Crippen LogP contribution >= 0.6 is 39.1 Å². The minimum atomic E-state index is 0.545. The van der Waals surface area contributed by atoms with Gasteiger partial charge in [0.25, 0.3) is 0 Å². The standard InChI is InChI=1S/C11H8BrCl2N3/c12-7-3-9(13)11(10(14)4-7)16-5-8-1-2-15-6-17-8/h1-4,6,16H,5H2. The molecular weight excluding hydrogens is 325 g/mol. The van der Waals surface area contributed by atoms with Gasteiger partial charge in [0.05, 0.1) is 28.0 Å². The molecule has 0 radical (unpaired) electrons. The van der Waals surface area contributed by atoms with E-state index in [9.17, 15) is 0 Å². The van der Waals surface area contributed by atoms with E-state index in [0.717, 1.165) is 10.2 Å². The van der Waals surface area contributed by atoms with Gasteiger partial charge >= 0.3 is 0 Å². The highest BCUT2D eigenvalue weighted by Crippen LogP contribution is 2.33. The first-order valence-corrected chi connectivity index (χ1v) is 6.35. The van der Waals surface area contributed by atoms with Crippen LogP contribution in [0.2, 0.25) is 10.0 Å². The van der Waals surface area contributed by atoms with Crippen LogP contribution in [-0.4, -0.2) is 9.97 Å². The van der Waals surface area contributed by atoms with Gasteiger partial charge in [-0.3, -0.25) is 0 Å². The molecule has 0 aliphatic heterocycles. The Hall–Kier alpha value is -0.840. The van der Waals surface area contributed by atoms with Crippen LogP contribution in [0.3, 0.4) is 0 Å². The summed E-state index contributed by atoms with van der Waals surface area (Å²) < 4.78 is 0.847. The summed E-state index contributed by atoms with van der Waals surface area (Å²) in [6.07, 6.45) is 3.19. The molecule has 0 saturated heterocycles. The number of hydrogen-bond acceptors (Lipinski definition) is 3. The van der Waals surface area contributed by atoms with Gasteiger partial charge in [-0.05, 0) is 18.2 Å². The first-order valence-electron chi connectivity index (χ1n) is 4.80. The molecule has 1 aromatic heterocycles. The predicted octanol–water partition coefficient (Wildman–Crippen LogP) is 4.16. The van der Waals surface area contributed by atoms with Crippen molar-refractivity contribution in [3.63, 3.8) is 0 Å². The maximum atomic E-state index is 6.09. The number of anilines is 1. The fourth-order valence-electron chi connectivity index (χ4n) is 1.31. The molecule has 0 saturated carbocycles. The van der Waals surface area contributed by atoms with Crippen molar-refractivity contribution in [1.82, 2.24) is 9.97 Å². The maximum absolute atomic E-state index is 6.09. The lowest BCUT2D eigenvalue weighted by atomic mass is 10.3. The molecule has 0 spiro atoms. The number of benzene rings is 1. The van der Waals surface area contributed by atoms with Crippen LogP contribution in [0.25, 0.3) is 0 Å². The highest BCUT2D eigenvalue weighted by molar-refractivity contribution is 9.10. The number of hydrogen-bond donors (Lipinski definition) is 1. The Morgan fingerprint density at radius 1 is 1.24 bits per heavy atom. The van der Waals surface area contributed by atoms with E-state index in [1.165, 1.54) is 6.33 Å². The topological polar surface area (TPSA) is 37.8 Å². The minimum absolute atomic E-state index is 0.545. The highest BCUT2D eigenvalue weighted by Gasteiger charge is 2.07. The molecule has 0 aliphatic rings. The number of halogens is 3. The molecule has 0 atom stereocenters. The summed E-state index contributed by atoms with van der Waals surface area (Å²) in [6.45, 7) is 0.545. The molecule has 1 aromatic carbocycles. The van der Waals surface area contributed by atoms with E-state index in [4.69, 9.17) is 23.2 Å². The van der Waals surface area contributed by atoms with Gasteiger partial charge in [0.1, 0.15) is 6.33 Å². The molecular formula is C11H8BrCl2N3. The lowest BCUT2D eigenvalue weighted by Crippen LogP contribution is -2.02. The lowest BCUT2D eigenvalue weighted by Gasteiger charge is -2.10. The van der Waals surface area contributed by atoms with Crippen LogP contribution in [-0.2, 0) is 6.54 Å². The molecule has 0 amide bonds. The van der Waals surface area contributed by atoms with E-state index in [0.29, 0.717) is 22.3 Å². The zero-order valence-corrected chi connectivity index (χ0v) is 11.7. The molecule has 2 rings (SSSR count). The minimum Gasteiger partial charge on any atom is -0.377 e. The first kappa shape index (κ1) is 12.6. The normalized spacial score (nSPS) is 10.3. The van der Waals surface area contributed by atoms with E-state index in [-0.39, 0.29) is 0 Å². The number of rotatable bonds is 3. The van der Waals surface area contributed by atoms with E-state index >= 15 is 0 Å². The third-order valence-corrected chi connectivity index (χ3v) is 3.15. The third-order valence-electron chi connectivity index (χ3n) is 2.10. The Bertz CT molecular complexity index is 496. The second-order valence-electron chi connectivity index (χ2n) is 3.30. The second-order valence-corrected chi connectivity index (χ2v) is 5.03. The summed E-state index contributed by atoms with van der Waals surface area (Å²) >= 11 is 15.5. The Kier molecular flexibility index (Phi) is 4.20.